The van der Waals surface area contributed by atoms with E-state index < -0.39 is 21.6 Å². The van der Waals surface area contributed by atoms with Gasteiger partial charge in [-0.2, -0.15) is 5.26 Å². The minimum absolute atomic E-state index is 0.299. The molecule has 0 spiro atoms. The van der Waals surface area contributed by atoms with Crippen molar-refractivity contribution in [1.82, 2.24) is 10.2 Å². The molecule has 1 atom stereocenters. The molecule has 1 saturated carbocycles. The summed E-state index contributed by atoms with van der Waals surface area (Å²) in [5, 5.41) is 12.9. The highest BCUT2D eigenvalue weighted by molar-refractivity contribution is 7.92. The molecule has 1 aliphatic carbocycles. The first-order chi connectivity index (χ1) is 14.7. The lowest BCUT2D eigenvalue weighted by Gasteiger charge is -2.39. The van der Waals surface area contributed by atoms with Crippen molar-refractivity contribution in [2.45, 2.75) is 62.9 Å². The van der Waals surface area contributed by atoms with Gasteiger partial charge in [-0.3, -0.25) is 9.10 Å². The molecule has 2 aliphatic rings. The van der Waals surface area contributed by atoms with Crippen LogP contribution in [-0.2, 0) is 14.8 Å². The van der Waals surface area contributed by atoms with Gasteiger partial charge >= 0.3 is 0 Å². The Morgan fingerprint density at radius 3 is 2.39 bits per heavy atom. The topological polar surface area (TPSA) is 93.5 Å². The van der Waals surface area contributed by atoms with Gasteiger partial charge in [-0.05, 0) is 44.4 Å². The average molecular weight is 447 g/mol. The highest BCUT2D eigenvalue weighted by atomic mass is 32.2. The van der Waals surface area contributed by atoms with Crippen molar-refractivity contribution in [3.05, 3.63) is 30.3 Å². The molecule has 1 aliphatic heterocycles. The minimum Gasteiger partial charge on any atom is -0.336 e. The van der Waals surface area contributed by atoms with Crippen LogP contribution in [0.3, 0.4) is 0 Å². The van der Waals surface area contributed by atoms with Gasteiger partial charge in [-0.1, -0.05) is 50.3 Å². The number of nitriles is 1. The van der Waals surface area contributed by atoms with E-state index in [2.05, 4.69) is 16.3 Å². The van der Waals surface area contributed by atoms with E-state index in [4.69, 9.17) is 0 Å². The Balaban J connectivity index is 1.92. The van der Waals surface area contributed by atoms with Crippen LogP contribution in [0.2, 0.25) is 0 Å². The number of hydrogen-bond donors (Lipinski definition) is 1. The Bertz CT molecular complexity index is 883. The molecule has 0 bridgehead atoms. The molecule has 0 radical (unpaired) electrons. The Kier molecular flexibility index (Phi) is 7.60. The van der Waals surface area contributed by atoms with Gasteiger partial charge in [0.2, 0.25) is 15.9 Å². The smallest absolute Gasteiger partial charge is 0.245 e. The molecule has 0 aromatic heterocycles. The lowest BCUT2D eigenvalue weighted by Crippen LogP contribution is -2.59. The Labute approximate surface area is 186 Å². The molecule has 1 aromatic carbocycles. The second kappa shape index (κ2) is 10.0. The van der Waals surface area contributed by atoms with Gasteiger partial charge in [0.15, 0.2) is 0 Å². The fraction of sp³-hybridized carbons (Fsp3) is 0.652. The summed E-state index contributed by atoms with van der Waals surface area (Å²) in [5.74, 6) is -0.0704. The zero-order chi connectivity index (χ0) is 22.5. The van der Waals surface area contributed by atoms with Crippen molar-refractivity contribution in [3.8, 4) is 6.07 Å². The molecule has 3 rings (SSSR count). The van der Waals surface area contributed by atoms with Gasteiger partial charge < -0.3 is 10.2 Å². The van der Waals surface area contributed by atoms with Gasteiger partial charge in [0, 0.05) is 13.1 Å². The summed E-state index contributed by atoms with van der Waals surface area (Å²) in [5.41, 5.74) is -0.468. The zero-order valence-corrected chi connectivity index (χ0v) is 19.4. The molecule has 1 aromatic rings. The number of rotatable bonds is 7. The summed E-state index contributed by atoms with van der Waals surface area (Å²) >= 11 is 0. The number of carbonyl (C=O) groups excluding carboxylic acids is 1. The first-order valence-electron chi connectivity index (χ1n) is 11.2. The van der Waals surface area contributed by atoms with Crippen LogP contribution in [0.4, 0.5) is 5.69 Å². The number of nitrogens with zero attached hydrogens (tertiary/aromatic N) is 3. The Hall–Kier alpha value is -2.11. The van der Waals surface area contributed by atoms with E-state index in [1.165, 1.54) is 10.7 Å². The molecule has 1 N–H and O–H groups in total. The third-order valence-corrected chi connectivity index (χ3v) is 7.83. The third-order valence-electron chi connectivity index (χ3n) is 6.65. The van der Waals surface area contributed by atoms with E-state index >= 15 is 0 Å². The lowest BCUT2D eigenvalue weighted by molar-refractivity contribution is -0.124. The van der Waals surface area contributed by atoms with Crippen molar-refractivity contribution in [2.75, 3.05) is 30.7 Å². The van der Waals surface area contributed by atoms with E-state index in [9.17, 15) is 18.5 Å². The maximum absolute atomic E-state index is 13.6. The van der Waals surface area contributed by atoms with E-state index in [1.807, 2.05) is 13.1 Å². The molecule has 1 saturated heterocycles. The first kappa shape index (κ1) is 23.6. The van der Waals surface area contributed by atoms with Crippen LogP contribution in [-0.4, -0.2) is 57.2 Å². The van der Waals surface area contributed by atoms with Crippen LogP contribution in [0.1, 0.15) is 51.4 Å². The quantitative estimate of drug-likeness (QED) is 0.695. The number of sulfonamides is 1. The van der Waals surface area contributed by atoms with Crippen LogP contribution in [0.5, 0.6) is 0 Å². The van der Waals surface area contributed by atoms with Crippen molar-refractivity contribution < 1.29 is 13.2 Å². The number of hydrogen-bond acceptors (Lipinski definition) is 5. The highest BCUT2D eigenvalue weighted by Gasteiger charge is 2.41. The largest absolute Gasteiger partial charge is 0.336 e. The molecule has 170 valence electrons. The number of piperidine rings is 1. The van der Waals surface area contributed by atoms with Crippen LogP contribution in [0.25, 0.3) is 0 Å². The monoisotopic (exact) mass is 446 g/mol. The number of carbonyl (C=O) groups is 1. The van der Waals surface area contributed by atoms with Gasteiger partial charge in [0.1, 0.15) is 11.6 Å². The summed E-state index contributed by atoms with van der Waals surface area (Å²) in [6.45, 7) is 1.44. The molecule has 8 heteroatoms. The van der Waals surface area contributed by atoms with Crippen molar-refractivity contribution in [1.29, 1.82) is 5.26 Å². The van der Waals surface area contributed by atoms with E-state index in [-0.39, 0.29) is 5.91 Å². The zero-order valence-electron chi connectivity index (χ0n) is 18.6. The number of likely N-dealkylation sites (tertiary alicyclic amines) is 1. The molecule has 2 fully saturated rings. The summed E-state index contributed by atoms with van der Waals surface area (Å²) in [7, 11) is -1.71. The summed E-state index contributed by atoms with van der Waals surface area (Å²) in [6.07, 6.45) is 8.10. The molecular weight excluding hydrogens is 412 g/mol. The maximum atomic E-state index is 13.6. The van der Waals surface area contributed by atoms with Gasteiger partial charge in [-0.15, -0.1) is 0 Å². The van der Waals surface area contributed by atoms with Crippen LogP contribution < -0.4 is 9.62 Å². The first-order valence-corrected chi connectivity index (χ1v) is 13.1. The SMILES string of the molecule is CN1CCC(C#N)(NC(=O)C(CC2CCCCC2)N(c2ccccc2)S(C)(=O)=O)CC1. The normalized spacial score (nSPS) is 21.1. The molecule has 1 amide bonds. The number of amides is 1. The molecule has 1 heterocycles. The van der Waals surface area contributed by atoms with E-state index in [0.717, 1.165) is 45.0 Å². The standard InChI is InChI=1S/C23H34N4O3S/c1-26-15-13-23(18-24,14-16-26)25-22(28)21(17-19-9-5-3-6-10-19)27(31(2,29)30)20-11-7-4-8-12-20/h4,7-8,11-12,19,21H,3,5-6,9-10,13-17H2,1-2H3,(H,25,28). The number of para-hydroxylation sites is 1. The predicted octanol–water partition coefficient (Wildman–Crippen LogP) is 2.90. The Morgan fingerprint density at radius 1 is 1.23 bits per heavy atom. The minimum atomic E-state index is -3.71. The maximum Gasteiger partial charge on any atom is 0.245 e. The van der Waals surface area contributed by atoms with Gasteiger partial charge in [-0.25, -0.2) is 8.42 Å². The second-order valence-electron chi connectivity index (χ2n) is 9.14. The molecular formula is C23H34N4O3S. The number of nitrogens with one attached hydrogen (secondary N) is 1. The molecule has 1 unspecified atom stereocenters. The van der Waals surface area contributed by atoms with E-state index in [1.54, 1.807) is 24.3 Å². The third kappa shape index (κ3) is 5.98. The highest BCUT2D eigenvalue weighted by Crippen LogP contribution is 2.32. The fourth-order valence-electron chi connectivity index (χ4n) is 4.81. The summed E-state index contributed by atoms with van der Waals surface area (Å²) < 4.78 is 27.0. The van der Waals surface area contributed by atoms with Gasteiger partial charge in [0.25, 0.3) is 0 Å². The summed E-state index contributed by atoms with van der Waals surface area (Å²) in [6, 6.07) is 10.3. The van der Waals surface area contributed by atoms with E-state index in [0.29, 0.717) is 30.9 Å². The number of anilines is 1. The van der Waals surface area contributed by atoms with Crippen LogP contribution in [0.15, 0.2) is 30.3 Å². The van der Waals surface area contributed by atoms with Crippen molar-refractivity contribution >= 4 is 21.6 Å². The average Bonchev–Trinajstić information content (AvgIpc) is 2.75. The van der Waals surface area contributed by atoms with Crippen molar-refractivity contribution in [3.63, 3.8) is 0 Å². The summed E-state index contributed by atoms with van der Waals surface area (Å²) in [4.78, 5) is 15.7. The molecule has 7 nitrogen and oxygen atoms in total. The lowest BCUT2D eigenvalue weighted by atomic mass is 9.84. The molecule has 31 heavy (non-hydrogen) atoms. The van der Waals surface area contributed by atoms with Crippen LogP contribution in [0, 0.1) is 17.2 Å². The predicted molar refractivity (Wildman–Crippen MR) is 122 cm³/mol. The van der Waals surface area contributed by atoms with Crippen LogP contribution >= 0.6 is 0 Å². The Morgan fingerprint density at radius 2 is 1.84 bits per heavy atom. The fourth-order valence-corrected chi connectivity index (χ4v) is 5.96. The van der Waals surface area contributed by atoms with Gasteiger partial charge in [0.05, 0.1) is 18.0 Å². The van der Waals surface area contributed by atoms with Crippen molar-refractivity contribution in [2.24, 2.45) is 5.92 Å². The number of benzene rings is 1. The second-order valence-corrected chi connectivity index (χ2v) is 11.0.